The number of carbonyl (C=O) groups is 1. The summed E-state index contributed by atoms with van der Waals surface area (Å²) in [5, 5.41) is 27.5. The van der Waals surface area contributed by atoms with Gasteiger partial charge >= 0.3 is 5.97 Å². The van der Waals surface area contributed by atoms with Gasteiger partial charge < -0.3 is 29.2 Å². The van der Waals surface area contributed by atoms with Gasteiger partial charge in [0.2, 0.25) is 0 Å². The van der Waals surface area contributed by atoms with Crippen LogP contribution in [0.1, 0.15) is 30.6 Å². The van der Waals surface area contributed by atoms with E-state index in [0.29, 0.717) is 0 Å². The Hall–Kier alpha value is -1.59. The van der Waals surface area contributed by atoms with Crippen molar-refractivity contribution in [2.24, 2.45) is 0 Å². The highest BCUT2D eigenvalue weighted by Gasteiger charge is 2.57. The molecule has 0 amide bonds. The van der Waals surface area contributed by atoms with E-state index in [4.69, 9.17) is 14.2 Å². The van der Waals surface area contributed by atoms with Gasteiger partial charge in [0.05, 0.1) is 13.3 Å². The number of nitrogens with zero attached hydrogens (tertiary/aromatic N) is 3. The van der Waals surface area contributed by atoms with Gasteiger partial charge in [0.15, 0.2) is 24.0 Å². The minimum absolute atomic E-state index is 0.0550. The zero-order valence-corrected chi connectivity index (χ0v) is 12.2. The first kappa shape index (κ1) is 15.3. The Kier molecular flexibility index (Phi) is 3.65. The number of carbonyl (C=O) groups excluding carboxylic acids is 1. The van der Waals surface area contributed by atoms with E-state index < -0.39 is 42.6 Å². The quantitative estimate of drug-likeness (QED) is 0.661. The number of methoxy groups -OCH3 is 1. The molecule has 2 aliphatic rings. The Balaban J connectivity index is 1.79. The lowest BCUT2D eigenvalue weighted by molar-refractivity contribution is -0.237. The first-order valence-electron chi connectivity index (χ1n) is 6.70. The van der Waals surface area contributed by atoms with Crippen LogP contribution < -0.4 is 0 Å². The zero-order valence-electron chi connectivity index (χ0n) is 12.2. The van der Waals surface area contributed by atoms with E-state index >= 15 is 0 Å². The van der Waals surface area contributed by atoms with Gasteiger partial charge in [-0.05, 0) is 13.8 Å². The van der Waals surface area contributed by atoms with Crippen LogP contribution in [0.4, 0.5) is 0 Å². The highest BCUT2D eigenvalue weighted by Crippen LogP contribution is 2.40. The Labute approximate surface area is 125 Å². The Morgan fingerprint density at radius 1 is 1.45 bits per heavy atom. The molecule has 2 aliphatic heterocycles. The minimum atomic E-state index is -1.31. The molecule has 5 atom stereocenters. The van der Waals surface area contributed by atoms with Gasteiger partial charge in [-0.2, -0.15) is 0 Å². The number of hydrogen-bond acceptors (Lipinski definition) is 9. The number of esters is 1. The number of fused-ring (bicyclic) bond motifs is 1. The molecule has 0 saturated carbocycles. The lowest BCUT2D eigenvalue weighted by atomic mass is 10.1. The van der Waals surface area contributed by atoms with Crippen LogP contribution in [-0.4, -0.2) is 68.7 Å². The fraction of sp³-hybridized carbons (Fsp3) is 0.750. The molecule has 0 unspecified atom stereocenters. The Morgan fingerprint density at radius 2 is 2.14 bits per heavy atom. The van der Waals surface area contributed by atoms with Crippen LogP contribution in [0.15, 0.2) is 6.20 Å². The van der Waals surface area contributed by atoms with E-state index in [1.807, 2.05) is 0 Å². The van der Waals surface area contributed by atoms with E-state index in [1.165, 1.54) is 13.3 Å². The van der Waals surface area contributed by atoms with Crippen molar-refractivity contribution in [3.8, 4) is 0 Å². The Morgan fingerprint density at radius 3 is 2.82 bits per heavy atom. The molecule has 1 aromatic rings. The average molecular weight is 315 g/mol. The molecule has 0 bridgehead atoms. The molecule has 2 fully saturated rings. The standard InChI is InChI=1S/C12H17N3O7/c1-12(2)21-6-7(20-11(18)8(6)22-12)9(16)15-4-5(13-14-15)10(17)19-3/h4,6-9,11,16,18H,1-3H3/t6-,7+,8-,9+,11-/m1/s1. The maximum atomic E-state index is 11.4. The highest BCUT2D eigenvalue weighted by atomic mass is 16.8. The molecule has 0 spiro atoms. The number of aliphatic hydroxyl groups is 2. The molecule has 3 rings (SSSR count). The molecule has 2 N–H and O–H groups in total. The van der Waals surface area contributed by atoms with Gasteiger partial charge in [-0.25, -0.2) is 9.48 Å². The van der Waals surface area contributed by atoms with Gasteiger partial charge in [0, 0.05) is 0 Å². The molecular formula is C12H17N3O7. The largest absolute Gasteiger partial charge is 0.464 e. The van der Waals surface area contributed by atoms with Gasteiger partial charge in [-0.15, -0.1) is 5.10 Å². The molecule has 22 heavy (non-hydrogen) atoms. The Bertz CT molecular complexity index is 575. The fourth-order valence-electron chi connectivity index (χ4n) is 2.60. The molecule has 1 aromatic heterocycles. The van der Waals surface area contributed by atoms with Crippen molar-refractivity contribution >= 4 is 5.97 Å². The summed E-state index contributed by atoms with van der Waals surface area (Å²) in [4.78, 5) is 11.4. The summed E-state index contributed by atoms with van der Waals surface area (Å²) >= 11 is 0. The van der Waals surface area contributed by atoms with Crippen molar-refractivity contribution in [2.75, 3.05) is 7.11 Å². The topological polar surface area (TPSA) is 125 Å². The van der Waals surface area contributed by atoms with Crippen molar-refractivity contribution < 1.29 is 34.0 Å². The number of aromatic nitrogens is 3. The predicted molar refractivity (Wildman–Crippen MR) is 67.3 cm³/mol. The van der Waals surface area contributed by atoms with Gasteiger partial charge in [0.1, 0.15) is 18.3 Å². The summed E-state index contributed by atoms with van der Waals surface area (Å²) in [5.74, 6) is -1.57. The normalized spacial score (nSPS) is 34.4. The minimum Gasteiger partial charge on any atom is -0.464 e. The molecule has 0 aromatic carbocycles. The summed E-state index contributed by atoms with van der Waals surface area (Å²) in [7, 11) is 1.21. The molecule has 10 nitrogen and oxygen atoms in total. The summed E-state index contributed by atoms with van der Waals surface area (Å²) in [5.41, 5.74) is -0.0550. The van der Waals surface area contributed by atoms with Crippen LogP contribution in [0.5, 0.6) is 0 Å². The first-order valence-corrected chi connectivity index (χ1v) is 6.70. The second-order valence-electron chi connectivity index (χ2n) is 5.55. The van der Waals surface area contributed by atoms with Gasteiger partial charge in [-0.3, -0.25) is 0 Å². The SMILES string of the molecule is COC(=O)c1cn([C@@H](O)[C@H]2O[C@@H](O)[C@@H]3OC(C)(C)O[C@@H]32)nn1. The van der Waals surface area contributed by atoms with Gasteiger partial charge in [0.25, 0.3) is 0 Å². The van der Waals surface area contributed by atoms with Crippen LogP contribution in [0, 0.1) is 0 Å². The van der Waals surface area contributed by atoms with Crippen LogP contribution in [-0.2, 0) is 18.9 Å². The fourth-order valence-corrected chi connectivity index (χ4v) is 2.60. The lowest BCUT2D eigenvalue weighted by Gasteiger charge is -2.25. The summed E-state index contributed by atoms with van der Waals surface area (Å²) < 4.78 is 22.0. The molecule has 122 valence electrons. The van der Waals surface area contributed by atoms with E-state index in [-0.39, 0.29) is 5.69 Å². The summed E-state index contributed by atoms with van der Waals surface area (Å²) in [6, 6.07) is 0. The highest BCUT2D eigenvalue weighted by molar-refractivity contribution is 5.86. The zero-order chi connectivity index (χ0) is 16.1. The third-order valence-electron chi connectivity index (χ3n) is 3.53. The first-order chi connectivity index (χ1) is 10.3. The van der Waals surface area contributed by atoms with Crippen LogP contribution in [0.3, 0.4) is 0 Å². The number of rotatable bonds is 3. The second-order valence-corrected chi connectivity index (χ2v) is 5.55. The lowest BCUT2D eigenvalue weighted by Crippen LogP contribution is -2.36. The van der Waals surface area contributed by atoms with Crippen LogP contribution in [0.2, 0.25) is 0 Å². The van der Waals surface area contributed by atoms with Crippen molar-refractivity contribution in [2.45, 2.75) is 50.5 Å². The average Bonchev–Trinajstić information content (AvgIpc) is 3.13. The van der Waals surface area contributed by atoms with Crippen molar-refractivity contribution in [3.05, 3.63) is 11.9 Å². The number of hydrogen-bond donors (Lipinski definition) is 2. The smallest absolute Gasteiger partial charge is 0.360 e. The van der Waals surface area contributed by atoms with E-state index in [0.717, 1.165) is 4.68 Å². The molecule has 3 heterocycles. The van der Waals surface area contributed by atoms with Crippen molar-refractivity contribution in [3.63, 3.8) is 0 Å². The second kappa shape index (κ2) is 5.25. The van der Waals surface area contributed by atoms with E-state index in [2.05, 4.69) is 15.0 Å². The third kappa shape index (κ3) is 2.48. The van der Waals surface area contributed by atoms with Crippen molar-refractivity contribution in [1.29, 1.82) is 0 Å². The molecule has 0 radical (unpaired) electrons. The predicted octanol–water partition coefficient (Wildman–Crippen LogP) is -1.21. The number of ether oxygens (including phenoxy) is 4. The van der Waals surface area contributed by atoms with E-state index in [1.54, 1.807) is 13.8 Å². The maximum absolute atomic E-state index is 11.4. The molecule has 0 aliphatic carbocycles. The van der Waals surface area contributed by atoms with E-state index in [9.17, 15) is 15.0 Å². The molecule has 2 saturated heterocycles. The maximum Gasteiger partial charge on any atom is 0.360 e. The monoisotopic (exact) mass is 315 g/mol. The van der Waals surface area contributed by atoms with Crippen LogP contribution in [0.25, 0.3) is 0 Å². The summed E-state index contributed by atoms with van der Waals surface area (Å²) in [6.45, 7) is 3.40. The summed E-state index contributed by atoms with van der Waals surface area (Å²) in [6.07, 6.45) is -3.62. The van der Waals surface area contributed by atoms with Crippen LogP contribution >= 0.6 is 0 Å². The molecule has 10 heteroatoms. The third-order valence-corrected chi connectivity index (χ3v) is 3.53. The number of aliphatic hydroxyl groups excluding tert-OH is 2. The van der Waals surface area contributed by atoms with Gasteiger partial charge in [-0.1, -0.05) is 5.21 Å². The van der Waals surface area contributed by atoms with Crippen molar-refractivity contribution in [1.82, 2.24) is 15.0 Å². The molecular weight excluding hydrogens is 298 g/mol.